The maximum Gasteiger partial charge on any atom is 0.323 e. The van der Waals surface area contributed by atoms with Gasteiger partial charge in [-0.25, -0.2) is 0 Å². The van der Waals surface area contributed by atoms with Crippen molar-refractivity contribution in [3.8, 4) is 0 Å². The number of hydrogen-bond acceptors (Lipinski definition) is 5. The van der Waals surface area contributed by atoms with E-state index in [1.54, 1.807) is 20.8 Å². The maximum absolute atomic E-state index is 12.6. The first-order valence-corrected chi connectivity index (χ1v) is 13.4. The van der Waals surface area contributed by atoms with E-state index in [0.29, 0.717) is 23.5 Å². The number of fused-ring (bicyclic) bond motifs is 5. The number of carboxylic acids is 1. The van der Waals surface area contributed by atoms with Gasteiger partial charge in [-0.05, 0) is 120 Å². The Morgan fingerprint density at radius 2 is 1.62 bits per heavy atom. The van der Waals surface area contributed by atoms with Crippen molar-refractivity contribution < 1.29 is 24.2 Å². The van der Waals surface area contributed by atoms with Crippen molar-refractivity contribution in [3.05, 3.63) is 0 Å². The molecule has 4 aliphatic rings. The van der Waals surface area contributed by atoms with Gasteiger partial charge in [0.1, 0.15) is 16.9 Å². The lowest BCUT2D eigenvalue weighted by Gasteiger charge is -2.62. The van der Waals surface area contributed by atoms with E-state index in [4.69, 9.17) is 4.74 Å². The zero-order valence-electron chi connectivity index (χ0n) is 22.0. The third-order valence-electron chi connectivity index (χ3n) is 11.0. The number of esters is 1. The van der Waals surface area contributed by atoms with Gasteiger partial charge in [0.2, 0.25) is 0 Å². The van der Waals surface area contributed by atoms with Gasteiger partial charge in [0.05, 0.1) is 6.54 Å². The predicted molar refractivity (Wildman–Crippen MR) is 130 cm³/mol. The number of ketones is 1. The molecule has 0 aromatic rings. The molecule has 4 aliphatic carbocycles. The molecular formula is C28H45NO5. The summed E-state index contributed by atoms with van der Waals surface area (Å²) >= 11 is 0. The molecule has 2 N–H and O–H groups in total. The standard InChI is InChI=1S/C28H45NO5/c1-17(30)20-9-10-21-19-8-7-18-15-26(4,34-23(31)16-29-25(2,3)24(32)33)13-14-27(18,5)22(19)11-12-28(20,21)6/h18-22,29H,7-16H2,1-6H3,(H,32,33)/t18-,19-,20+,21-,22-,26+,27-,28+/m0/s1. The summed E-state index contributed by atoms with van der Waals surface area (Å²) < 4.78 is 5.98. The SMILES string of the molecule is CC(=O)[C@H]1CC[C@H]2[C@@H]3CC[C@H]4C[C@](C)(OC(=O)CNC(C)(C)C(=O)O)CC[C@]4(C)[C@H]3CC[C@]12C. The van der Waals surface area contributed by atoms with E-state index in [1.807, 2.05) is 0 Å². The van der Waals surface area contributed by atoms with E-state index in [1.165, 1.54) is 32.1 Å². The summed E-state index contributed by atoms with van der Waals surface area (Å²) in [6.45, 7) is 11.7. The zero-order chi connectivity index (χ0) is 25.1. The van der Waals surface area contributed by atoms with E-state index in [0.717, 1.165) is 31.6 Å². The first kappa shape index (κ1) is 25.7. The van der Waals surface area contributed by atoms with Crippen LogP contribution in [-0.2, 0) is 19.1 Å². The minimum atomic E-state index is -1.17. The molecule has 0 aliphatic heterocycles. The lowest BCUT2D eigenvalue weighted by Crippen LogP contribution is -2.56. The van der Waals surface area contributed by atoms with Gasteiger partial charge >= 0.3 is 11.9 Å². The van der Waals surface area contributed by atoms with Crippen LogP contribution in [0.15, 0.2) is 0 Å². The first-order chi connectivity index (χ1) is 15.7. The van der Waals surface area contributed by atoms with Crippen LogP contribution in [0.2, 0.25) is 0 Å². The highest BCUT2D eigenvalue weighted by atomic mass is 16.6. The van der Waals surface area contributed by atoms with Gasteiger partial charge in [0.25, 0.3) is 0 Å². The van der Waals surface area contributed by atoms with E-state index in [-0.39, 0.29) is 29.3 Å². The molecule has 6 nitrogen and oxygen atoms in total. The molecule has 4 fully saturated rings. The third kappa shape index (κ3) is 4.22. The van der Waals surface area contributed by atoms with Gasteiger partial charge in [0.15, 0.2) is 0 Å². The lowest BCUT2D eigenvalue weighted by molar-refractivity contribution is -0.180. The molecule has 4 saturated carbocycles. The van der Waals surface area contributed by atoms with Crippen molar-refractivity contribution >= 4 is 17.7 Å². The van der Waals surface area contributed by atoms with E-state index >= 15 is 0 Å². The van der Waals surface area contributed by atoms with Gasteiger partial charge in [-0.15, -0.1) is 0 Å². The molecule has 34 heavy (non-hydrogen) atoms. The molecule has 0 aromatic carbocycles. The van der Waals surface area contributed by atoms with Crippen LogP contribution < -0.4 is 5.32 Å². The molecule has 0 saturated heterocycles. The average molecular weight is 476 g/mol. The summed E-state index contributed by atoms with van der Waals surface area (Å²) in [4.78, 5) is 36.3. The maximum atomic E-state index is 12.6. The molecule has 0 spiro atoms. The molecule has 0 heterocycles. The van der Waals surface area contributed by atoms with Crippen LogP contribution in [0, 0.1) is 40.4 Å². The van der Waals surface area contributed by atoms with Crippen molar-refractivity contribution in [3.63, 3.8) is 0 Å². The number of carboxylic acid groups (broad SMARTS) is 1. The average Bonchev–Trinajstić information content (AvgIpc) is 3.10. The number of ether oxygens (including phenoxy) is 1. The Balaban J connectivity index is 1.41. The van der Waals surface area contributed by atoms with Gasteiger partial charge < -0.3 is 9.84 Å². The Kier molecular flexibility index (Phi) is 6.49. The summed E-state index contributed by atoms with van der Waals surface area (Å²) in [6.07, 6.45) is 9.88. The van der Waals surface area contributed by atoms with Crippen molar-refractivity contribution in [2.75, 3.05) is 6.54 Å². The fourth-order valence-electron chi connectivity index (χ4n) is 8.86. The van der Waals surface area contributed by atoms with E-state index in [2.05, 4.69) is 26.1 Å². The Hall–Kier alpha value is -1.43. The van der Waals surface area contributed by atoms with Crippen LogP contribution in [0.25, 0.3) is 0 Å². The van der Waals surface area contributed by atoms with Gasteiger partial charge in [-0.3, -0.25) is 19.7 Å². The van der Waals surface area contributed by atoms with E-state index < -0.39 is 17.1 Å². The second-order valence-electron chi connectivity index (χ2n) is 13.4. The molecular weight excluding hydrogens is 430 g/mol. The Morgan fingerprint density at radius 3 is 2.26 bits per heavy atom. The monoisotopic (exact) mass is 475 g/mol. The van der Waals surface area contributed by atoms with Gasteiger partial charge in [-0.1, -0.05) is 13.8 Å². The van der Waals surface area contributed by atoms with Crippen LogP contribution in [0.1, 0.15) is 99.3 Å². The van der Waals surface area contributed by atoms with Crippen LogP contribution in [0.4, 0.5) is 0 Å². The second-order valence-corrected chi connectivity index (χ2v) is 13.4. The van der Waals surface area contributed by atoms with Crippen LogP contribution in [0.5, 0.6) is 0 Å². The highest BCUT2D eigenvalue weighted by Crippen LogP contribution is 2.68. The van der Waals surface area contributed by atoms with Gasteiger partial charge in [0, 0.05) is 5.92 Å². The lowest BCUT2D eigenvalue weighted by atomic mass is 9.44. The van der Waals surface area contributed by atoms with Crippen LogP contribution >= 0.6 is 0 Å². The normalized spacial score (nSPS) is 43.9. The van der Waals surface area contributed by atoms with Crippen molar-refractivity contribution in [1.29, 1.82) is 0 Å². The Bertz CT molecular complexity index is 854. The Morgan fingerprint density at radius 1 is 0.941 bits per heavy atom. The fraction of sp³-hybridized carbons (Fsp3) is 0.893. The van der Waals surface area contributed by atoms with Crippen molar-refractivity contribution in [2.24, 2.45) is 40.4 Å². The Labute approximate surface area is 205 Å². The molecule has 0 aromatic heterocycles. The summed E-state index contributed by atoms with van der Waals surface area (Å²) in [5, 5.41) is 12.1. The van der Waals surface area contributed by atoms with Gasteiger partial charge in [-0.2, -0.15) is 0 Å². The molecule has 6 heteroatoms. The molecule has 8 atom stereocenters. The fourth-order valence-corrected chi connectivity index (χ4v) is 8.86. The number of carbonyl (C=O) groups is 3. The van der Waals surface area contributed by atoms with Crippen molar-refractivity contribution in [2.45, 2.75) is 110 Å². The molecule has 4 rings (SSSR count). The second kappa shape index (κ2) is 8.60. The number of carbonyl (C=O) groups excluding carboxylic acids is 2. The largest absolute Gasteiger partial charge is 0.480 e. The summed E-state index contributed by atoms with van der Waals surface area (Å²) in [6, 6.07) is 0. The highest BCUT2D eigenvalue weighted by molar-refractivity contribution is 5.80. The first-order valence-electron chi connectivity index (χ1n) is 13.4. The molecule has 0 radical (unpaired) electrons. The summed E-state index contributed by atoms with van der Waals surface area (Å²) in [5.41, 5.74) is -1.19. The minimum absolute atomic E-state index is 0.0981. The minimum Gasteiger partial charge on any atom is -0.480 e. The quantitative estimate of drug-likeness (QED) is 0.526. The number of Topliss-reactive ketones (excluding diaryl/α,β-unsaturated/α-hetero) is 1. The number of nitrogens with one attached hydrogen (secondary N) is 1. The number of hydrogen-bond donors (Lipinski definition) is 2. The highest BCUT2D eigenvalue weighted by Gasteiger charge is 2.61. The zero-order valence-corrected chi connectivity index (χ0v) is 22.0. The summed E-state index contributed by atoms with van der Waals surface area (Å²) in [7, 11) is 0. The molecule has 192 valence electrons. The molecule has 0 unspecified atom stereocenters. The summed E-state index contributed by atoms with van der Waals surface area (Å²) in [5.74, 6) is 1.91. The van der Waals surface area contributed by atoms with Crippen LogP contribution in [-0.4, -0.2) is 40.5 Å². The van der Waals surface area contributed by atoms with E-state index in [9.17, 15) is 19.5 Å². The third-order valence-corrected chi connectivity index (χ3v) is 11.0. The number of rotatable bonds is 6. The van der Waals surface area contributed by atoms with Crippen LogP contribution in [0.3, 0.4) is 0 Å². The number of aliphatic carboxylic acids is 1. The molecule has 0 amide bonds. The predicted octanol–water partition coefficient (Wildman–Crippen LogP) is 4.99. The van der Waals surface area contributed by atoms with Crippen molar-refractivity contribution in [1.82, 2.24) is 5.32 Å². The topological polar surface area (TPSA) is 92.7 Å². The molecule has 0 bridgehead atoms. The smallest absolute Gasteiger partial charge is 0.323 e.